The number of hydrogen-bond acceptors (Lipinski definition) is 3. The Balaban J connectivity index is 1.39. The Morgan fingerprint density at radius 3 is 2.37 bits per heavy atom. The number of benzene rings is 2. The van der Waals surface area contributed by atoms with E-state index in [2.05, 4.69) is 10.2 Å². The lowest BCUT2D eigenvalue weighted by Crippen LogP contribution is -2.58. The maximum absolute atomic E-state index is 13.8. The van der Waals surface area contributed by atoms with Gasteiger partial charge in [-0.1, -0.05) is 58.5 Å². The number of rotatable bonds is 6. The van der Waals surface area contributed by atoms with Crippen molar-refractivity contribution in [3.05, 3.63) is 67.6 Å². The summed E-state index contributed by atoms with van der Waals surface area (Å²) in [6, 6.07) is 10.1. The molecule has 5 rings (SSSR count). The Morgan fingerprint density at radius 1 is 0.971 bits per heavy atom. The summed E-state index contributed by atoms with van der Waals surface area (Å²) >= 11 is 25.1. The van der Waals surface area contributed by atoms with Crippen molar-refractivity contribution in [2.45, 2.75) is 49.6 Å². The number of carbonyl (C=O) groups excluding carboxylic acids is 2. The molecule has 2 aromatic carbocycles. The number of fused-ring (bicyclic) bond motifs is 1. The maximum atomic E-state index is 13.8. The summed E-state index contributed by atoms with van der Waals surface area (Å²) in [6.45, 7) is 3.30. The van der Waals surface area contributed by atoms with Crippen LogP contribution in [0.4, 0.5) is 0 Å². The number of piperazine rings is 1. The van der Waals surface area contributed by atoms with E-state index in [0.717, 1.165) is 37.1 Å². The van der Waals surface area contributed by atoms with Gasteiger partial charge >= 0.3 is 0 Å². The Bertz CT molecular complexity index is 1150. The van der Waals surface area contributed by atoms with Gasteiger partial charge in [0.15, 0.2) is 0 Å². The van der Waals surface area contributed by atoms with Crippen LogP contribution in [0.2, 0.25) is 20.1 Å². The summed E-state index contributed by atoms with van der Waals surface area (Å²) in [6.07, 6.45) is 3.89. The zero-order chi connectivity index (χ0) is 24.7. The van der Waals surface area contributed by atoms with Crippen molar-refractivity contribution < 1.29 is 9.59 Å². The number of nitrogens with one attached hydrogen (secondary N) is 1. The third kappa shape index (κ3) is 5.17. The molecule has 1 aliphatic carbocycles. The van der Waals surface area contributed by atoms with Crippen molar-refractivity contribution in [2.24, 2.45) is 0 Å². The molecule has 9 heteroatoms. The molecule has 0 radical (unpaired) electrons. The van der Waals surface area contributed by atoms with Gasteiger partial charge in [0.05, 0.1) is 5.41 Å². The van der Waals surface area contributed by atoms with Gasteiger partial charge in [0.2, 0.25) is 11.8 Å². The number of hydrogen-bond donors (Lipinski definition) is 1. The average molecular weight is 555 g/mol. The highest BCUT2D eigenvalue weighted by Gasteiger charge is 2.53. The quantitative estimate of drug-likeness (QED) is 0.522. The molecule has 186 valence electrons. The van der Waals surface area contributed by atoms with Gasteiger partial charge in [0.1, 0.15) is 6.04 Å². The van der Waals surface area contributed by atoms with Crippen LogP contribution in [0.1, 0.15) is 36.8 Å². The van der Waals surface area contributed by atoms with E-state index < -0.39 is 11.5 Å². The lowest BCUT2D eigenvalue weighted by atomic mass is 9.93. The van der Waals surface area contributed by atoms with E-state index in [1.807, 2.05) is 17.0 Å². The van der Waals surface area contributed by atoms with Gasteiger partial charge in [-0.05, 0) is 67.6 Å². The van der Waals surface area contributed by atoms with Gasteiger partial charge in [0.25, 0.3) is 0 Å². The molecule has 2 aromatic rings. The van der Waals surface area contributed by atoms with Crippen LogP contribution in [-0.4, -0.2) is 59.9 Å². The second-order valence-electron chi connectivity index (χ2n) is 9.79. The van der Waals surface area contributed by atoms with Gasteiger partial charge in [-0.2, -0.15) is 0 Å². The summed E-state index contributed by atoms with van der Waals surface area (Å²) in [5.74, 6) is -0.265. The SMILES string of the molecule is O=C([C@H](Cc1ccc(Cl)cc1Cl)NC(=O)C1(c2ccc(Cl)cc2Cl)CC1)N1CCN2CCC[C@@H]2C1. The number of nitrogens with zero attached hydrogens (tertiary/aromatic N) is 2. The first kappa shape index (κ1) is 25.2. The van der Waals surface area contributed by atoms with Crippen molar-refractivity contribution >= 4 is 58.2 Å². The van der Waals surface area contributed by atoms with E-state index in [0.29, 0.717) is 52.1 Å². The fourth-order valence-corrected chi connectivity index (χ4v) is 6.51. The van der Waals surface area contributed by atoms with Crippen molar-refractivity contribution in [1.82, 2.24) is 15.1 Å². The smallest absolute Gasteiger partial charge is 0.245 e. The molecule has 1 saturated carbocycles. The molecule has 3 fully saturated rings. The van der Waals surface area contributed by atoms with Gasteiger partial charge < -0.3 is 10.2 Å². The number of halogens is 4. The summed E-state index contributed by atoms with van der Waals surface area (Å²) in [5, 5.41) is 5.07. The van der Waals surface area contributed by atoms with Gasteiger partial charge in [-0.3, -0.25) is 14.5 Å². The van der Waals surface area contributed by atoms with E-state index in [4.69, 9.17) is 46.4 Å². The molecular weight excluding hydrogens is 528 g/mol. The van der Waals surface area contributed by atoms with Gasteiger partial charge in [-0.15, -0.1) is 0 Å². The number of carbonyl (C=O) groups is 2. The predicted octanol–water partition coefficient (Wildman–Crippen LogP) is 5.37. The summed E-state index contributed by atoms with van der Waals surface area (Å²) in [7, 11) is 0. The molecule has 1 N–H and O–H groups in total. The van der Waals surface area contributed by atoms with Crippen LogP contribution in [0.3, 0.4) is 0 Å². The summed E-state index contributed by atoms with van der Waals surface area (Å²) in [4.78, 5) is 31.8. The molecule has 2 saturated heterocycles. The van der Waals surface area contributed by atoms with Crippen LogP contribution >= 0.6 is 46.4 Å². The molecule has 0 bridgehead atoms. The first-order valence-electron chi connectivity index (χ1n) is 12.0. The highest BCUT2D eigenvalue weighted by atomic mass is 35.5. The van der Waals surface area contributed by atoms with Crippen LogP contribution in [0.25, 0.3) is 0 Å². The van der Waals surface area contributed by atoms with E-state index in [1.54, 1.807) is 24.3 Å². The minimum Gasteiger partial charge on any atom is -0.343 e. The molecule has 0 aromatic heterocycles. The highest BCUT2D eigenvalue weighted by Crippen LogP contribution is 2.51. The molecule has 0 spiro atoms. The molecule has 0 unspecified atom stereocenters. The lowest BCUT2D eigenvalue weighted by Gasteiger charge is -2.39. The second kappa shape index (κ2) is 10.1. The van der Waals surface area contributed by atoms with Crippen LogP contribution in [0, 0.1) is 0 Å². The van der Waals surface area contributed by atoms with E-state index in [-0.39, 0.29) is 18.2 Å². The fraction of sp³-hybridized carbons (Fsp3) is 0.462. The topological polar surface area (TPSA) is 52.7 Å². The molecule has 35 heavy (non-hydrogen) atoms. The monoisotopic (exact) mass is 553 g/mol. The normalized spacial score (nSPS) is 21.9. The Kier molecular flexibility index (Phi) is 7.26. The van der Waals surface area contributed by atoms with Crippen LogP contribution in [0.5, 0.6) is 0 Å². The van der Waals surface area contributed by atoms with Crippen LogP contribution in [0.15, 0.2) is 36.4 Å². The summed E-state index contributed by atoms with van der Waals surface area (Å²) in [5.41, 5.74) is 0.772. The fourth-order valence-electron chi connectivity index (χ4n) is 5.44. The Labute approximate surface area is 225 Å². The van der Waals surface area contributed by atoms with Crippen molar-refractivity contribution in [2.75, 3.05) is 26.2 Å². The number of amides is 2. The molecule has 2 amide bonds. The molecule has 5 nitrogen and oxygen atoms in total. The highest BCUT2D eigenvalue weighted by molar-refractivity contribution is 6.35. The van der Waals surface area contributed by atoms with Crippen LogP contribution in [-0.2, 0) is 21.4 Å². The van der Waals surface area contributed by atoms with E-state index >= 15 is 0 Å². The molecule has 3 aliphatic rings. The van der Waals surface area contributed by atoms with Crippen molar-refractivity contribution in [1.29, 1.82) is 0 Å². The zero-order valence-electron chi connectivity index (χ0n) is 19.2. The predicted molar refractivity (Wildman–Crippen MR) is 141 cm³/mol. The van der Waals surface area contributed by atoms with Crippen molar-refractivity contribution in [3.63, 3.8) is 0 Å². The third-order valence-corrected chi connectivity index (χ3v) is 8.71. The van der Waals surface area contributed by atoms with E-state index in [1.165, 1.54) is 0 Å². The van der Waals surface area contributed by atoms with E-state index in [9.17, 15) is 9.59 Å². The average Bonchev–Trinajstić information content (AvgIpc) is 3.49. The minimum absolute atomic E-state index is 0.0751. The van der Waals surface area contributed by atoms with Crippen LogP contribution < -0.4 is 5.32 Å². The zero-order valence-corrected chi connectivity index (χ0v) is 22.2. The molecular formula is C26H27Cl4N3O2. The largest absolute Gasteiger partial charge is 0.343 e. The standard InChI is InChI=1S/C26H27Cl4N3O2/c27-17-4-3-16(21(29)13-17)12-23(24(34)33-11-10-32-9-1-2-19(32)15-33)31-25(35)26(7-8-26)20-6-5-18(28)14-22(20)30/h3-6,13-14,19,23H,1-2,7-12,15H2,(H,31,35)/t19-,23+/m1/s1. The molecule has 2 aliphatic heterocycles. The minimum atomic E-state index is -0.742. The van der Waals surface area contributed by atoms with Gasteiger partial charge in [0, 0.05) is 52.2 Å². The Morgan fingerprint density at radius 2 is 1.69 bits per heavy atom. The third-order valence-electron chi connectivity index (χ3n) is 7.57. The molecule has 2 atom stereocenters. The molecule has 2 heterocycles. The summed E-state index contributed by atoms with van der Waals surface area (Å²) < 4.78 is 0. The maximum Gasteiger partial charge on any atom is 0.245 e. The first-order chi connectivity index (χ1) is 16.8. The first-order valence-corrected chi connectivity index (χ1v) is 13.5. The lowest BCUT2D eigenvalue weighted by molar-refractivity contribution is -0.139. The van der Waals surface area contributed by atoms with Gasteiger partial charge in [-0.25, -0.2) is 0 Å². The second-order valence-corrected chi connectivity index (χ2v) is 11.5. The van der Waals surface area contributed by atoms with Crippen molar-refractivity contribution in [3.8, 4) is 0 Å². The Hall–Kier alpha value is -1.50.